The Labute approximate surface area is 140 Å². The lowest BCUT2D eigenvalue weighted by Gasteiger charge is -2.32. The van der Waals surface area contributed by atoms with E-state index in [0.29, 0.717) is 22.4 Å². The molecule has 0 saturated carbocycles. The summed E-state index contributed by atoms with van der Waals surface area (Å²) in [6, 6.07) is 15.9. The Morgan fingerprint density at radius 3 is 2.33 bits per heavy atom. The largest absolute Gasteiger partial charge is 0.365 e. The predicted octanol–water partition coefficient (Wildman–Crippen LogP) is 2.27. The fourth-order valence-corrected chi connectivity index (χ4v) is 4.53. The molecule has 0 radical (unpaired) electrons. The average molecular weight is 340 g/mol. The lowest BCUT2D eigenvalue weighted by atomic mass is 9.95. The van der Waals surface area contributed by atoms with E-state index in [4.69, 9.17) is 5.73 Å². The van der Waals surface area contributed by atoms with Crippen molar-refractivity contribution in [3.05, 3.63) is 83.3 Å². The van der Waals surface area contributed by atoms with E-state index in [0.717, 1.165) is 4.31 Å². The molecule has 2 N–H and O–H groups in total. The normalized spacial score (nSPS) is 15.8. The van der Waals surface area contributed by atoms with Crippen molar-refractivity contribution in [2.24, 2.45) is 5.73 Å². The monoisotopic (exact) mass is 340 g/mol. The van der Waals surface area contributed by atoms with Crippen LogP contribution < -0.4 is 10.0 Å². The molecule has 0 bridgehead atoms. The van der Waals surface area contributed by atoms with E-state index in [2.05, 4.69) is 6.58 Å². The second-order valence-corrected chi connectivity index (χ2v) is 7.08. The van der Waals surface area contributed by atoms with Crippen LogP contribution in [0.4, 0.5) is 5.69 Å². The Morgan fingerprint density at radius 1 is 1.08 bits per heavy atom. The first-order valence-electron chi connectivity index (χ1n) is 7.31. The van der Waals surface area contributed by atoms with Crippen molar-refractivity contribution in [2.45, 2.75) is 0 Å². The van der Waals surface area contributed by atoms with E-state index in [1.54, 1.807) is 48.5 Å². The second kappa shape index (κ2) is 5.98. The third-order valence-electron chi connectivity index (χ3n) is 3.80. The number of carbonyl (C=O) groups is 1. The Kier molecular flexibility index (Phi) is 3.99. The molecule has 1 aliphatic heterocycles. The second-order valence-electron chi connectivity index (χ2n) is 5.28. The highest BCUT2D eigenvalue weighted by Crippen LogP contribution is 2.42. The molecule has 0 atom stereocenters. The van der Waals surface area contributed by atoms with E-state index < -0.39 is 20.8 Å². The summed E-state index contributed by atoms with van der Waals surface area (Å²) >= 11 is 0. The highest BCUT2D eigenvalue weighted by molar-refractivity contribution is 7.97. The summed E-state index contributed by atoms with van der Waals surface area (Å²) in [6.45, 7) is 3.66. The summed E-state index contributed by atoms with van der Waals surface area (Å²) in [7, 11) is -4.07. The highest BCUT2D eigenvalue weighted by atomic mass is 32.2. The molecule has 5 nitrogen and oxygen atoms in total. The SMILES string of the molecule is C=CCN1c2ccccc2C(c2ccccc2)=C(C(N)=O)S1(=O)=O. The fraction of sp³-hybridized carbons (Fsp3) is 0.0556. The molecule has 1 heterocycles. The van der Waals surface area contributed by atoms with Crippen LogP contribution in [-0.2, 0) is 14.8 Å². The van der Waals surface area contributed by atoms with Crippen LogP contribution in [0.5, 0.6) is 0 Å². The van der Waals surface area contributed by atoms with Gasteiger partial charge in [0, 0.05) is 11.1 Å². The maximum atomic E-state index is 13.0. The summed E-state index contributed by atoms with van der Waals surface area (Å²) in [4.78, 5) is 11.7. The van der Waals surface area contributed by atoms with E-state index in [1.807, 2.05) is 6.07 Å². The summed E-state index contributed by atoms with van der Waals surface area (Å²) in [5.74, 6) is -0.975. The summed E-state index contributed by atoms with van der Waals surface area (Å²) < 4.78 is 27.2. The predicted molar refractivity (Wildman–Crippen MR) is 94.6 cm³/mol. The minimum absolute atomic E-state index is 0.0538. The smallest absolute Gasteiger partial charge is 0.270 e. The van der Waals surface area contributed by atoms with Crippen LogP contribution in [0.15, 0.2) is 72.2 Å². The molecule has 2 aromatic rings. The lowest BCUT2D eigenvalue weighted by Crippen LogP contribution is -2.40. The van der Waals surface area contributed by atoms with Gasteiger partial charge in [0.25, 0.3) is 15.9 Å². The van der Waals surface area contributed by atoms with Gasteiger partial charge in [0.1, 0.15) is 0 Å². The number of anilines is 1. The fourth-order valence-electron chi connectivity index (χ4n) is 2.85. The van der Waals surface area contributed by atoms with Gasteiger partial charge in [-0.2, -0.15) is 0 Å². The summed E-state index contributed by atoms with van der Waals surface area (Å²) in [5.41, 5.74) is 7.56. The molecule has 0 aromatic heterocycles. The zero-order valence-electron chi connectivity index (χ0n) is 12.8. The third kappa shape index (κ3) is 2.41. The molecule has 0 fully saturated rings. The van der Waals surface area contributed by atoms with Crippen molar-refractivity contribution >= 4 is 27.2 Å². The number of carbonyl (C=O) groups excluding carboxylic acids is 1. The molecule has 122 valence electrons. The Balaban J connectivity index is 2.44. The molecule has 0 unspecified atom stereocenters. The van der Waals surface area contributed by atoms with E-state index >= 15 is 0 Å². The number of nitrogens with zero attached hydrogens (tertiary/aromatic N) is 1. The quantitative estimate of drug-likeness (QED) is 0.867. The molecule has 1 amide bonds. The van der Waals surface area contributed by atoms with E-state index in [9.17, 15) is 13.2 Å². The van der Waals surface area contributed by atoms with Crippen LogP contribution in [0, 0.1) is 0 Å². The van der Waals surface area contributed by atoms with Crippen molar-refractivity contribution in [2.75, 3.05) is 10.8 Å². The Hall–Kier alpha value is -2.86. The van der Waals surface area contributed by atoms with Crippen molar-refractivity contribution in [3.63, 3.8) is 0 Å². The van der Waals surface area contributed by atoms with Gasteiger partial charge in [0.15, 0.2) is 4.91 Å². The number of benzene rings is 2. The van der Waals surface area contributed by atoms with Gasteiger partial charge >= 0.3 is 0 Å². The van der Waals surface area contributed by atoms with Crippen LogP contribution >= 0.6 is 0 Å². The molecule has 1 aliphatic rings. The zero-order valence-corrected chi connectivity index (χ0v) is 13.7. The Bertz CT molecular complexity index is 947. The van der Waals surface area contributed by atoms with Gasteiger partial charge in [-0.05, 0) is 11.6 Å². The maximum Gasteiger partial charge on any atom is 0.270 e. The minimum Gasteiger partial charge on any atom is -0.365 e. The van der Waals surface area contributed by atoms with Gasteiger partial charge in [-0.3, -0.25) is 9.10 Å². The number of sulfonamides is 1. The lowest BCUT2D eigenvalue weighted by molar-refractivity contribution is -0.113. The number of primary amides is 1. The standard InChI is InChI=1S/C18H16N2O3S/c1-2-12-20-15-11-7-6-10-14(15)16(13-8-4-3-5-9-13)17(18(19)21)24(20,22)23/h2-11H,1,12H2,(H2,19,21). The van der Waals surface area contributed by atoms with Gasteiger partial charge in [0.2, 0.25) is 0 Å². The number of nitrogens with two attached hydrogens (primary N) is 1. The highest BCUT2D eigenvalue weighted by Gasteiger charge is 2.39. The molecule has 6 heteroatoms. The zero-order chi connectivity index (χ0) is 17.3. The first kappa shape index (κ1) is 16.0. The topological polar surface area (TPSA) is 80.5 Å². The first-order chi connectivity index (χ1) is 11.5. The molecule has 2 aromatic carbocycles. The van der Waals surface area contributed by atoms with E-state index in [-0.39, 0.29) is 6.54 Å². The summed E-state index contributed by atoms with van der Waals surface area (Å²) in [6.07, 6.45) is 1.47. The van der Waals surface area contributed by atoms with Crippen LogP contribution in [0.1, 0.15) is 11.1 Å². The van der Waals surface area contributed by atoms with Crippen molar-refractivity contribution in [3.8, 4) is 0 Å². The number of para-hydroxylation sites is 1. The van der Waals surface area contributed by atoms with Crippen molar-refractivity contribution in [1.29, 1.82) is 0 Å². The van der Waals surface area contributed by atoms with Gasteiger partial charge in [0.05, 0.1) is 12.2 Å². The van der Waals surface area contributed by atoms with Gasteiger partial charge in [-0.25, -0.2) is 8.42 Å². The van der Waals surface area contributed by atoms with Crippen molar-refractivity contribution in [1.82, 2.24) is 0 Å². The molecule has 24 heavy (non-hydrogen) atoms. The summed E-state index contributed by atoms with van der Waals surface area (Å²) in [5, 5.41) is 0. The van der Waals surface area contributed by atoms with Crippen LogP contribution in [0.2, 0.25) is 0 Å². The molecule has 0 saturated heterocycles. The molecule has 0 spiro atoms. The molecular weight excluding hydrogens is 324 g/mol. The van der Waals surface area contributed by atoms with Crippen LogP contribution in [-0.4, -0.2) is 20.9 Å². The Morgan fingerprint density at radius 2 is 1.71 bits per heavy atom. The van der Waals surface area contributed by atoms with Crippen molar-refractivity contribution < 1.29 is 13.2 Å². The third-order valence-corrected chi connectivity index (χ3v) is 5.65. The molecule has 0 aliphatic carbocycles. The average Bonchev–Trinajstić information content (AvgIpc) is 2.57. The number of fused-ring (bicyclic) bond motifs is 1. The maximum absolute atomic E-state index is 13.0. The number of hydrogen-bond acceptors (Lipinski definition) is 3. The minimum atomic E-state index is -4.07. The van der Waals surface area contributed by atoms with Gasteiger partial charge < -0.3 is 5.73 Å². The van der Waals surface area contributed by atoms with E-state index in [1.165, 1.54) is 6.08 Å². The number of rotatable bonds is 4. The molecule has 3 rings (SSSR count). The first-order valence-corrected chi connectivity index (χ1v) is 8.75. The number of hydrogen-bond donors (Lipinski definition) is 1. The number of amides is 1. The van der Waals surface area contributed by atoms with Crippen LogP contribution in [0.25, 0.3) is 5.57 Å². The molecular formula is C18H16N2O3S. The van der Waals surface area contributed by atoms with Crippen LogP contribution in [0.3, 0.4) is 0 Å². The van der Waals surface area contributed by atoms with Gasteiger partial charge in [-0.1, -0.05) is 54.6 Å². The van der Waals surface area contributed by atoms with Gasteiger partial charge in [-0.15, -0.1) is 6.58 Å².